The van der Waals surface area contributed by atoms with Crippen molar-refractivity contribution in [2.45, 2.75) is 19.3 Å². The number of likely N-dealkylation sites (N-methyl/N-ethyl adjacent to an activating group) is 1. The van der Waals surface area contributed by atoms with Crippen molar-refractivity contribution in [2.75, 3.05) is 11.9 Å². The van der Waals surface area contributed by atoms with Gasteiger partial charge < -0.3 is 9.64 Å². The van der Waals surface area contributed by atoms with Gasteiger partial charge in [-0.3, -0.25) is 4.99 Å². The van der Waals surface area contributed by atoms with Crippen molar-refractivity contribution in [1.29, 1.82) is 0 Å². The first-order chi connectivity index (χ1) is 13.6. The molecule has 1 heterocycles. The van der Waals surface area contributed by atoms with E-state index >= 15 is 0 Å². The van der Waals surface area contributed by atoms with Crippen LogP contribution in [0.4, 0.5) is 11.4 Å². The number of aliphatic imine (C=N–C) groups is 1. The molecule has 4 rings (SSSR count). The van der Waals surface area contributed by atoms with Crippen LogP contribution in [0.1, 0.15) is 19.4 Å². The first kappa shape index (κ1) is 18.1. The molecule has 0 saturated heterocycles. The molecule has 3 aromatic carbocycles. The number of nitrogens with zero attached hydrogens (tertiary/aromatic N) is 2. The summed E-state index contributed by atoms with van der Waals surface area (Å²) in [5, 5.41) is 0. The summed E-state index contributed by atoms with van der Waals surface area (Å²) in [6.07, 6.45) is 3.98. The molecule has 0 spiro atoms. The third-order valence-electron chi connectivity index (χ3n) is 5.19. The Morgan fingerprint density at radius 3 is 2.36 bits per heavy atom. The molecule has 0 saturated carbocycles. The Balaban J connectivity index is 1.55. The van der Waals surface area contributed by atoms with Gasteiger partial charge in [-0.05, 0) is 42.0 Å². The van der Waals surface area contributed by atoms with Gasteiger partial charge in [0.2, 0.25) is 0 Å². The number of para-hydroxylation sites is 2. The lowest BCUT2D eigenvalue weighted by atomic mass is 9.84. The van der Waals surface area contributed by atoms with E-state index in [4.69, 9.17) is 4.74 Å². The first-order valence-electron chi connectivity index (χ1n) is 9.47. The molecule has 0 atom stereocenters. The minimum atomic E-state index is -0.0460. The lowest BCUT2D eigenvalue weighted by molar-refractivity contribution is 0.483. The summed E-state index contributed by atoms with van der Waals surface area (Å²) in [4.78, 5) is 6.87. The van der Waals surface area contributed by atoms with Gasteiger partial charge in [-0.1, -0.05) is 56.3 Å². The second-order valence-electron chi connectivity index (χ2n) is 7.44. The SMILES string of the molecule is CN1C(=CC=Nc2cccc(Oc3ccccc3)c2)C(C)(C)c2ccccc21. The average molecular weight is 368 g/mol. The van der Waals surface area contributed by atoms with Crippen molar-refractivity contribution >= 4 is 17.6 Å². The maximum Gasteiger partial charge on any atom is 0.129 e. The molecular formula is C25H24N2O. The van der Waals surface area contributed by atoms with Crippen LogP contribution in [0.3, 0.4) is 0 Å². The fraction of sp³-hybridized carbons (Fsp3) is 0.160. The van der Waals surface area contributed by atoms with Gasteiger partial charge in [0.05, 0.1) is 5.69 Å². The molecule has 1 aliphatic heterocycles. The molecule has 3 aromatic rings. The van der Waals surface area contributed by atoms with E-state index in [0.717, 1.165) is 17.2 Å². The summed E-state index contributed by atoms with van der Waals surface area (Å²) >= 11 is 0. The molecule has 0 amide bonds. The molecule has 1 aliphatic rings. The molecule has 3 heteroatoms. The van der Waals surface area contributed by atoms with E-state index in [9.17, 15) is 0 Å². The van der Waals surface area contributed by atoms with E-state index in [-0.39, 0.29) is 5.41 Å². The number of benzene rings is 3. The van der Waals surface area contributed by atoms with Gasteiger partial charge in [0.25, 0.3) is 0 Å². The van der Waals surface area contributed by atoms with E-state index in [1.165, 1.54) is 16.9 Å². The molecular weight excluding hydrogens is 344 g/mol. The lowest BCUT2D eigenvalue weighted by Gasteiger charge is -2.23. The van der Waals surface area contributed by atoms with Crippen molar-refractivity contribution in [3.63, 3.8) is 0 Å². The van der Waals surface area contributed by atoms with Crippen LogP contribution >= 0.6 is 0 Å². The highest BCUT2D eigenvalue weighted by molar-refractivity contribution is 5.81. The zero-order chi connectivity index (χ0) is 19.6. The van der Waals surface area contributed by atoms with Gasteiger partial charge in [0.1, 0.15) is 11.5 Å². The first-order valence-corrected chi connectivity index (χ1v) is 9.47. The number of hydrogen-bond acceptors (Lipinski definition) is 3. The Hall–Kier alpha value is -3.33. The fourth-order valence-corrected chi connectivity index (χ4v) is 3.75. The summed E-state index contributed by atoms with van der Waals surface area (Å²) in [6, 6.07) is 26.1. The van der Waals surface area contributed by atoms with Crippen molar-refractivity contribution in [2.24, 2.45) is 4.99 Å². The summed E-state index contributed by atoms with van der Waals surface area (Å²) in [7, 11) is 2.11. The molecule has 0 aromatic heterocycles. The Bertz CT molecular complexity index is 1040. The highest BCUT2D eigenvalue weighted by atomic mass is 16.5. The molecule has 0 fully saturated rings. The number of allylic oxidation sites excluding steroid dienone is 2. The molecule has 0 unspecified atom stereocenters. The van der Waals surface area contributed by atoms with Gasteiger partial charge in [0, 0.05) is 36.1 Å². The standard InChI is InChI=1S/C25H24N2O/c1-25(2)22-14-7-8-15-23(22)27(3)24(25)16-17-26-19-10-9-13-21(18-19)28-20-11-5-4-6-12-20/h4-18H,1-3H3. The van der Waals surface area contributed by atoms with Gasteiger partial charge in [0.15, 0.2) is 0 Å². The Morgan fingerprint density at radius 1 is 0.857 bits per heavy atom. The third kappa shape index (κ3) is 3.44. The van der Waals surface area contributed by atoms with Crippen molar-refractivity contribution in [1.82, 2.24) is 0 Å². The maximum atomic E-state index is 5.89. The van der Waals surface area contributed by atoms with E-state index in [1.807, 2.05) is 60.8 Å². The van der Waals surface area contributed by atoms with Crippen LogP contribution in [-0.4, -0.2) is 13.3 Å². The van der Waals surface area contributed by atoms with E-state index < -0.39 is 0 Å². The molecule has 28 heavy (non-hydrogen) atoms. The second-order valence-corrected chi connectivity index (χ2v) is 7.44. The predicted octanol–water partition coefficient (Wildman–Crippen LogP) is 6.49. The molecule has 0 N–H and O–H groups in total. The second kappa shape index (κ2) is 7.35. The van der Waals surface area contributed by atoms with Crippen molar-refractivity contribution in [3.8, 4) is 11.5 Å². The van der Waals surface area contributed by atoms with Gasteiger partial charge in [-0.15, -0.1) is 0 Å². The number of fused-ring (bicyclic) bond motifs is 1. The summed E-state index contributed by atoms with van der Waals surface area (Å²) in [6.45, 7) is 4.51. The molecule has 0 bridgehead atoms. The normalized spacial score (nSPS) is 16.5. The minimum absolute atomic E-state index is 0.0460. The summed E-state index contributed by atoms with van der Waals surface area (Å²) in [5.74, 6) is 1.59. The maximum absolute atomic E-state index is 5.89. The molecule has 0 radical (unpaired) electrons. The summed E-state index contributed by atoms with van der Waals surface area (Å²) in [5.41, 5.74) is 4.64. The number of anilines is 1. The lowest BCUT2D eigenvalue weighted by Crippen LogP contribution is -2.22. The predicted molar refractivity (Wildman–Crippen MR) is 117 cm³/mol. The third-order valence-corrected chi connectivity index (χ3v) is 5.19. The van der Waals surface area contributed by atoms with Crippen LogP contribution in [0.25, 0.3) is 0 Å². The van der Waals surface area contributed by atoms with Crippen LogP contribution in [0.2, 0.25) is 0 Å². The largest absolute Gasteiger partial charge is 0.457 e. The van der Waals surface area contributed by atoms with Crippen LogP contribution in [0, 0.1) is 0 Å². The number of rotatable bonds is 4. The fourth-order valence-electron chi connectivity index (χ4n) is 3.75. The van der Waals surface area contributed by atoms with Crippen molar-refractivity contribution < 1.29 is 4.74 Å². The average Bonchev–Trinajstić information content (AvgIpc) is 2.90. The van der Waals surface area contributed by atoms with Gasteiger partial charge in [-0.25, -0.2) is 0 Å². The zero-order valence-electron chi connectivity index (χ0n) is 16.5. The van der Waals surface area contributed by atoms with Crippen molar-refractivity contribution in [3.05, 3.63) is 96.2 Å². The summed E-state index contributed by atoms with van der Waals surface area (Å²) < 4.78 is 5.89. The highest BCUT2D eigenvalue weighted by Crippen LogP contribution is 2.46. The molecule has 3 nitrogen and oxygen atoms in total. The van der Waals surface area contributed by atoms with E-state index in [2.05, 4.69) is 61.1 Å². The monoisotopic (exact) mass is 368 g/mol. The van der Waals surface area contributed by atoms with Gasteiger partial charge >= 0.3 is 0 Å². The van der Waals surface area contributed by atoms with E-state index in [0.29, 0.717) is 0 Å². The van der Waals surface area contributed by atoms with Crippen LogP contribution in [0.5, 0.6) is 11.5 Å². The molecule has 140 valence electrons. The van der Waals surface area contributed by atoms with Crippen LogP contribution in [0.15, 0.2) is 95.6 Å². The van der Waals surface area contributed by atoms with E-state index in [1.54, 1.807) is 0 Å². The van der Waals surface area contributed by atoms with Gasteiger partial charge in [-0.2, -0.15) is 0 Å². The topological polar surface area (TPSA) is 24.8 Å². The quantitative estimate of drug-likeness (QED) is 0.492. The minimum Gasteiger partial charge on any atom is -0.457 e. The Labute approximate surface area is 166 Å². The number of hydrogen-bond donors (Lipinski definition) is 0. The Morgan fingerprint density at radius 2 is 1.57 bits per heavy atom. The van der Waals surface area contributed by atoms with Crippen LogP contribution in [-0.2, 0) is 5.41 Å². The smallest absolute Gasteiger partial charge is 0.129 e. The highest BCUT2D eigenvalue weighted by Gasteiger charge is 2.37. The van der Waals surface area contributed by atoms with Crippen LogP contribution < -0.4 is 9.64 Å². The molecule has 0 aliphatic carbocycles. The Kier molecular flexibility index (Phi) is 4.74. The number of ether oxygens (including phenoxy) is 1. The zero-order valence-corrected chi connectivity index (χ0v) is 16.5.